The molecule has 0 saturated heterocycles. The van der Waals surface area contributed by atoms with E-state index in [2.05, 4.69) is 0 Å². The van der Waals surface area contributed by atoms with Gasteiger partial charge in [0.1, 0.15) is 5.75 Å². The molecule has 114 valence electrons. The van der Waals surface area contributed by atoms with Crippen LogP contribution in [0.3, 0.4) is 0 Å². The Hall–Kier alpha value is -2.54. The third-order valence-electron chi connectivity index (χ3n) is 2.86. The molecule has 0 saturated carbocycles. The summed E-state index contributed by atoms with van der Waals surface area (Å²) in [6, 6.07) is 11.6. The first-order chi connectivity index (χ1) is 10.5. The van der Waals surface area contributed by atoms with Gasteiger partial charge in [0, 0.05) is 11.0 Å². The molecule has 0 bridgehead atoms. The van der Waals surface area contributed by atoms with E-state index >= 15 is 0 Å². The van der Waals surface area contributed by atoms with Gasteiger partial charge in [0.05, 0.1) is 23.3 Å². The molecule has 0 aliphatic carbocycles. The lowest BCUT2D eigenvalue weighted by atomic mass is 10.1. The zero-order chi connectivity index (χ0) is 16.1. The Bertz CT molecular complexity index is 700. The van der Waals surface area contributed by atoms with E-state index < -0.39 is 10.9 Å². The number of benzene rings is 2. The van der Waals surface area contributed by atoms with Crippen molar-refractivity contribution in [2.75, 3.05) is 7.11 Å². The number of nitro groups is 1. The number of hydrogen-bond acceptors (Lipinski definition) is 5. The van der Waals surface area contributed by atoms with E-state index in [1.165, 1.54) is 17.8 Å². The summed E-state index contributed by atoms with van der Waals surface area (Å²) in [5.74, 6) is -0.319. The van der Waals surface area contributed by atoms with Gasteiger partial charge in [-0.3, -0.25) is 14.9 Å². The summed E-state index contributed by atoms with van der Waals surface area (Å²) in [4.78, 5) is 22.7. The van der Waals surface area contributed by atoms with Gasteiger partial charge in [0.2, 0.25) is 0 Å². The van der Waals surface area contributed by atoms with E-state index in [9.17, 15) is 14.9 Å². The Morgan fingerprint density at radius 1 is 1.27 bits per heavy atom. The third-order valence-corrected chi connectivity index (χ3v) is 3.94. The number of aliphatic carboxylic acids is 1. The normalized spacial score (nSPS) is 10.2. The van der Waals surface area contributed by atoms with Gasteiger partial charge in [-0.05, 0) is 35.9 Å². The number of carbonyl (C=O) groups is 1. The smallest absolute Gasteiger partial charge is 0.307 e. The molecule has 1 N–H and O–H groups in total. The minimum atomic E-state index is -1.02. The molecule has 0 radical (unpaired) electrons. The standard InChI is InChI=1S/C15H13NO5S/c1-21-11-3-5-12(6-4-11)22-14-7-2-10(9-15(17)18)8-13(14)16(19)20/h2-8H,9H2,1H3,(H,17,18). The van der Waals surface area contributed by atoms with Gasteiger partial charge in [-0.2, -0.15) is 0 Å². The zero-order valence-electron chi connectivity index (χ0n) is 11.7. The van der Waals surface area contributed by atoms with Crippen molar-refractivity contribution in [1.82, 2.24) is 0 Å². The quantitative estimate of drug-likeness (QED) is 0.648. The van der Waals surface area contributed by atoms with Gasteiger partial charge in [-0.1, -0.05) is 17.8 Å². The summed E-state index contributed by atoms with van der Waals surface area (Å²) in [7, 11) is 1.56. The van der Waals surface area contributed by atoms with Gasteiger partial charge >= 0.3 is 5.97 Å². The summed E-state index contributed by atoms with van der Waals surface area (Å²) in [5.41, 5.74) is 0.304. The van der Waals surface area contributed by atoms with Crippen molar-refractivity contribution in [1.29, 1.82) is 0 Å². The number of hydrogen-bond donors (Lipinski definition) is 1. The lowest BCUT2D eigenvalue weighted by Gasteiger charge is -2.06. The Morgan fingerprint density at radius 3 is 2.50 bits per heavy atom. The maximum atomic E-state index is 11.2. The highest BCUT2D eigenvalue weighted by Gasteiger charge is 2.16. The summed E-state index contributed by atoms with van der Waals surface area (Å²) in [6.45, 7) is 0. The molecule has 7 heteroatoms. The van der Waals surface area contributed by atoms with Crippen LogP contribution in [0.1, 0.15) is 5.56 Å². The topological polar surface area (TPSA) is 89.7 Å². The fourth-order valence-corrected chi connectivity index (χ4v) is 2.75. The van der Waals surface area contributed by atoms with Crippen LogP contribution in [-0.4, -0.2) is 23.1 Å². The van der Waals surface area contributed by atoms with Crippen LogP contribution in [0, 0.1) is 10.1 Å². The summed E-state index contributed by atoms with van der Waals surface area (Å²) in [6.07, 6.45) is -0.242. The number of nitro benzene ring substituents is 1. The first-order valence-corrected chi connectivity index (χ1v) is 7.12. The molecule has 0 aromatic heterocycles. The summed E-state index contributed by atoms with van der Waals surface area (Å²) < 4.78 is 5.06. The number of rotatable bonds is 6. The van der Waals surface area contributed by atoms with Gasteiger partial charge < -0.3 is 9.84 Å². The molecule has 0 heterocycles. The molecule has 2 aromatic rings. The van der Waals surface area contributed by atoms with Crippen LogP contribution >= 0.6 is 11.8 Å². The van der Waals surface area contributed by atoms with Crippen molar-refractivity contribution in [2.45, 2.75) is 16.2 Å². The van der Waals surface area contributed by atoms with Crippen molar-refractivity contribution in [2.24, 2.45) is 0 Å². The Kier molecular flexibility index (Phi) is 5.00. The maximum Gasteiger partial charge on any atom is 0.307 e. The molecule has 6 nitrogen and oxygen atoms in total. The van der Waals surface area contributed by atoms with Crippen molar-refractivity contribution < 1.29 is 19.6 Å². The SMILES string of the molecule is COc1ccc(Sc2ccc(CC(=O)O)cc2[N+](=O)[O-])cc1. The number of methoxy groups -OCH3 is 1. The average Bonchev–Trinajstić information content (AvgIpc) is 2.49. The van der Waals surface area contributed by atoms with Gasteiger partial charge in [-0.15, -0.1) is 0 Å². The second kappa shape index (κ2) is 6.95. The fraction of sp³-hybridized carbons (Fsp3) is 0.133. The number of ether oxygens (including phenoxy) is 1. The fourth-order valence-electron chi connectivity index (χ4n) is 1.85. The van der Waals surface area contributed by atoms with Crippen LogP contribution < -0.4 is 4.74 Å². The molecule has 0 aliphatic rings. The lowest BCUT2D eigenvalue weighted by Crippen LogP contribution is -2.01. The highest BCUT2D eigenvalue weighted by atomic mass is 32.2. The van der Waals surface area contributed by atoms with Crippen molar-refractivity contribution in [3.63, 3.8) is 0 Å². The molecule has 0 fully saturated rings. The minimum Gasteiger partial charge on any atom is -0.497 e. The maximum absolute atomic E-state index is 11.2. The van der Waals surface area contributed by atoms with Crippen LogP contribution in [0.2, 0.25) is 0 Å². The molecule has 0 amide bonds. The van der Waals surface area contributed by atoms with Crippen molar-refractivity contribution in [3.05, 3.63) is 58.1 Å². The van der Waals surface area contributed by atoms with Crippen molar-refractivity contribution >= 4 is 23.4 Å². The van der Waals surface area contributed by atoms with Gasteiger partial charge in [0.15, 0.2) is 0 Å². The van der Waals surface area contributed by atoms with E-state index in [0.717, 1.165) is 4.90 Å². The van der Waals surface area contributed by atoms with E-state index in [1.807, 2.05) is 0 Å². The molecule has 0 aliphatic heterocycles. The summed E-state index contributed by atoms with van der Waals surface area (Å²) >= 11 is 1.24. The third kappa shape index (κ3) is 3.98. The van der Waals surface area contributed by atoms with Gasteiger partial charge in [-0.25, -0.2) is 0 Å². The van der Waals surface area contributed by atoms with Crippen LogP contribution in [0.4, 0.5) is 5.69 Å². The molecule has 0 unspecified atom stereocenters. The first-order valence-electron chi connectivity index (χ1n) is 6.30. The summed E-state index contributed by atoms with van der Waals surface area (Å²) in [5, 5.41) is 19.9. The highest BCUT2D eigenvalue weighted by Crippen LogP contribution is 2.36. The molecule has 22 heavy (non-hydrogen) atoms. The number of carboxylic acids is 1. The second-order valence-electron chi connectivity index (χ2n) is 4.41. The van der Waals surface area contributed by atoms with E-state index in [4.69, 9.17) is 9.84 Å². The number of nitrogens with zero attached hydrogens (tertiary/aromatic N) is 1. The van der Waals surface area contributed by atoms with Crippen LogP contribution in [-0.2, 0) is 11.2 Å². The van der Waals surface area contributed by atoms with E-state index in [0.29, 0.717) is 16.2 Å². The average molecular weight is 319 g/mol. The predicted molar refractivity (Wildman–Crippen MR) is 81.6 cm³/mol. The lowest BCUT2D eigenvalue weighted by molar-refractivity contribution is -0.387. The minimum absolute atomic E-state index is 0.0976. The van der Waals surface area contributed by atoms with E-state index in [-0.39, 0.29) is 12.1 Å². The number of carboxylic acid groups (broad SMARTS) is 1. The van der Waals surface area contributed by atoms with Crippen LogP contribution in [0.5, 0.6) is 5.75 Å². The Labute approximate surface area is 130 Å². The van der Waals surface area contributed by atoms with Crippen LogP contribution in [0.15, 0.2) is 52.3 Å². The molecular formula is C15H13NO5S. The zero-order valence-corrected chi connectivity index (χ0v) is 12.5. The van der Waals surface area contributed by atoms with Crippen LogP contribution in [0.25, 0.3) is 0 Å². The molecular weight excluding hydrogens is 306 g/mol. The van der Waals surface area contributed by atoms with Crippen molar-refractivity contribution in [3.8, 4) is 5.75 Å². The second-order valence-corrected chi connectivity index (χ2v) is 5.52. The highest BCUT2D eigenvalue weighted by molar-refractivity contribution is 7.99. The molecule has 0 spiro atoms. The first kappa shape index (κ1) is 15.8. The molecule has 0 atom stereocenters. The largest absolute Gasteiger partial charge is 0.497 e. The van der Waals surface area contributed by atoms with Gasteiger partial charge in [0.25, 0.3) is 5.69 Å². The Morgan fingerprint density at radius 2 is 1.95 bits per heavy atom. The predicted octanol–water partition coefficient (Wildman–Crippen LogP) is 3.38. The molecule has 2 rings (SSSR count). The van der Waals surface area contributed by atoms with E-state index in [1.54, 1.807) is 43.5 Å². The Balaban J connectivity index is 2.28. The monoisotopic (exact) mass is 319 g/mol. The molecule has 2 aromatic carbocycles.